The number of carbonyl (C=O) groups excluding carboxylic acids is 1. The Morgan fingerprint density at radius 2 is 2.17 bits per heavy atom. The van der Waals surface area contributed by atoms with Crippen LogP contribution in [0.15, 0.2) is 24.4 Å². The van der Waals surface area contributed by atoms with Gasteiger partial charge in [0.1, 0.15) is 0 Å². The first-order valence-electron chi connectivity index (χ1n) is 8.73. The van der Waals surface area contributed by atoms with Crippen LogP contribution in [0.4, 0.5) is 0 Å². The van der Waals surface area contributed by atoms with Crippen molar-refractivity contribution in [3.05, 3.63) is 35.5 Å². The Morgan fingerprint density at radius 1 is 1.33 bits per heavy atom. The number of H-pyrrole nitrogens is 1. The largest absolute Gasteiger partial charge is 0.361 e. The SMILES string of the molecule is CN(C)C1CC(c2c[nH]c3ccc(C[C@H]4COC(C=O)N4)cc23)C1. The predicted molar refractivity (Wildman–Crippen MR) is 94.2 cm³/mol. The number of nitrogens with one attached hydrogen (secondary N) is 2. The molecule has 2 atom stereocenters. The van der Waals surface area contributed by atoms with E-state index in [1.165, 1.54) is 34.9 Å². The van der Waals surface area contributed by atoms with E-state index in [1.807, 2.05) is 0 Å². The lowest BCUT2D eigenvalue weighted by molar-refractivity contribution is -0.116. The summed E-state index contributed by atoms with van der Waals surface area (Å²) in [6.07, 6.45) is 5.93. The highest BCUT2D eigenvalue weighted by Gasteiger charge is 2.33. The maximum atomic E-state index is 10.8. The van der Waals surface area contributed by atoms with Gasteiger partial charge in [-0.3, -0.25) is 10.1 Å². The summed E-state index contributed by atoms with van der Waals surface area (Å²) in [5, 5.41) is 4.55. The summed E-state index contributed by atoms with van der Waals surface area (Å²) in [6, 6.07) is 7.57. The molecule has 2 aromatic rings. The van der Waals surface area contributed by atoms with Crippen molar-refractivity contribution in [3.63, 3.8) is 0 Å². The molecule has 4 rings (SSSR count). The summed E-state index contributed by atoms with van der Waals surface area (Å²) in [5.41, 5.74) is 3.95. The van der Waals surface area contributed by atoms with Crippen molar-refractivity contribution in [2.24, 2.45) is 0 Å². The first kappa shape index (κ1) is 15.8. The lowest BCUT2D eigenvalue weighted by Gasteiger charge is -2.39. The van der Waals surface area contributed by atoms with E-state index in [2.05, 4.69) is 53.7 Å². The second-order valence-electron chi connectivity index (χ2n) is 7.37. The standard InChI is InChI=1S/C19H25N3O2/c1-22(2)15-7-13(8-15)17-9-20-18-4-3-12(6-16(17)18)5-14-11-24-19(10-23)21-14/h3-4,6,9-10,13-15,19-21H,5,7-8,11H2,1-2H3/t13?,14-,15?,19?/m0/s1. The van der Waals surface area contributed by atoms with Crippen LogP contribution in [-0.4, -0.2) is 55.2 Å². The molecule has 1 saturated heterocycles. The summed E-state index contributed by atoms with van der Waals surface area (Å²) < 4.78 is 5.39. The Balaban J connectivity index is 1.50. The minimum Gasteiger partial charge on any atom is -0.361 e. The molecular weight excluding hydrogens is 302 g/mol. The predicted octanol–water partition coefficient (Wildman–Crippen LogP) is 2.03. The van der Waals surface area contributed by atoms with Crippen LogP contribution in [0.3, 0.4) is 0 Å². The van der Waals surface area contributed by atoms with Crippen LogP contribution in [0.5, 0.6) is 0 Å². The van der Waals surface area contributed by atoms with E-state index in [0.29, 0.717) is 18.6 Å². The summed E-state index contributed by atoms with van der Waals surface area (Å²) in [4.78, 5) is 16.5. The first-order valence-corrected chi connectivity index (χ1v) is 8.73. The van der Waals surface area contributed by atoms with Gasteiger partial charge in [0.2, 0.25) is 0 Å². The number of nitrogens with zero attached hydrogens (tertiary/aromatic N) is 1. The second-order valence-corrected chi connectivity index (χ2v) is 7.37. The number of hydrogen-bond donors (Lipinski definition) is 2. The number of hydrogen-bond acceptors (Lipinski definition) is 4. The molecule has 1 aliphatic heterocycles. The highest BCUT2D eigenvalue weighted by molar-refractivity contribution is 5.84. The van der Waals surface area contributed by atoms with Gasteiger partial charge in [-0.05, 0) is 62.5 Å². The number of rotatable bonds is 5. The van der Waals surface area contributed by atoms with E-state index < -0.39 is 6.23 Å². The fraction of sp³-hybridized carbons (Fsp3) is 0.526. The molecule has 5 heteroatoms. The molecule has 2 aliphatic rings. The van der Waals surface area contributed by atoms with Crippen LogP contribution in [0.25, 0.3) is 10.9 Å². The number of aromatic amines is 1. The molecular formula is C19H25N3O2. The summed E-state index contributed by atoms with van der Waals surface area (Å²) >= 11 is 0. The second kappa shape index (κ2) is 6.31. The van der Waals surface area contributed by atoms with Gasteiger partial charge >= 0.3 is 0 Å². The van der Waals surface area contributed by atoms with Crippen LogP contribution >= 0.6 is 0 Å². The van der Waals surface area contributed by atoms with Crippen molar-refractivity contribution in [1.82, 2.24) is 15.2 Å². The Morgan fingerprint density at radius 3 is 2.88 bits per heavy atom. The maximum Gasteiger partial charge on any atom is 0.164 e. The van der Waals surface area contributed by atoms with Crippen LogP contribution in [0.1, 0.15) is 29.9 Å². The van der Waals surface area contributed by atoms with Gasteiger partial charge in [-0.2, -0.15) is 0 Å². The summed E-state index contributed by atoms with van der Waals surface area (Å²) in [7, 11) is 4.33. The molecule has 24 heavy (non-hydrogen) atoms. The molecule has 1 aliphatic carbocycles. The van der Waals surface area contributed by atoms with Gasteiger partial charge in [0.15, 0.2) is 12.5 Å². The number of aromatic nitrogens is 1. The molecule has 0 spiro atoms. The van der Waals surface area contributed by atoms with Crippen molar-refractivity contribution >= 4 is 17.2 Å². The molecule has 1 saturated carbocycles. The van der Waals surface area contributed by atoms with Crippen LogP contribution in [0, 0.1) is 0 Å². The maximum absolute atomic E-state index is 10.8. The van der Waals surface area contributed by atoms with Gasteiger partial charge in [0, 0.05) is 29.2 Å². The van der Waals surface area contributed by atoms with Crippen LogP contribution in [-0.2, 0) is 16.0 Å². The fourth-order valence-electron chi connectivity index (χ4n) is 3.95. The molecule has 2 N–H and O–H groups in total. The Hall–Kier alpha value is -1.69. The van der Waals surface area contributed by atoms with Crippen molar-refractivity contribution in [2.45, 2.75) is 43.5 Å². The van der Waals surface area contributed by atoms with Gasteiger partial charge in [0.05, 0.1) is 6.61 Å². The Labute approximate surface area is 142 Å². The quantitative estimate of drug-likeness (QED) is 0.825. The molecule has 0 amide bonds. The van der Waals surface area contributed by atoms with Gasteiger partial charge in [-0.1, -0.05) is 6.07 Å². The van der Waals surface area contributed by atoms with E-state index in [1.54, 1.807) is 0 Å². The minimum atomic E-state index is -0.445. The number of fused-ring (bicyclic) bond motifs is 1. The number of ether oxygens (including phenoxy) is 1. The van der Waals surface area contributed by atoms with E-state index in [9.17, 15) is 4.79 Å². The molecule has 1 unspecified atom stereocenters. The highest BCUT2D eigenvalue weighted by Crippen LogP contribution is 2.41. The fourth-order valence-corrected chi connectivity index (χ4v) is 3.95. The van der Waals surface area contributed by atoms with E-state index in [0.717, 1.165) is 12.7 Å². The van der Waals surface area contributed by atoms with Crippen LogP contribution in [0.2, 0.25) is 0 Å². The van der Waals surface area contributed by atoms with Gasteiger partial charge < -0.3 is 14.6 Å². The third-order valence-electron chi connectivity index (χ3n) is 5.54. The van der Waals surface area contributed by atoms with Gasteiger partial charge in [-0.15, -0.1) is 0 Å². The number of carbonyl (C=O) groups is 1. The lowest BCUT2D eigenvalue weighted by atomic mass is 9.75. The Bertz CT molecular complexity index is 733. The highest BCUT2D eigenvalue weighted by atomic mass is 16.5. The average Bonchev–Trinajstić information content (AvgIpc) is 3.13. The molecule has 0 bridgehead atoms. The van der Waals surface area contributed by atoms with E-state index in [-0.39, 0.29) is 6.04 Å². The van der Waals surface area contributed by atoms with E-state index >= 15 is 0 Å². The third kappa shape index (κ3) is 2.88. The van der Waals surface area contributed by atoms with Crippen molar-refractivity contribution in [1.29, 1.82) is 0 Å². The third-order valence-corrected chi connectivity index (χ3v) is 5.54. The Kier molecular flexibility index (Phi) is 4.16. The van der Waals surface area contributed by atoms with Crippen LogP contribution < -0.4 is 5.32 Å². The lowest BCUT2D eigenvalue weighted by Crippen LogP contribution is -2.39. The van der Waals surface area contributed by atoms with Gasteiger partial charge in [-0.25, -0.2) is 0 Å². The first-order chi connectivity index (χ1) is 11.6. The molecule has 1 aromatic heterocycles. The normalized spacial score (nSPS) is 30.0. The van der Waals surface area contributed by atoms with Crippen molar-refractivity contribution in [2.75, 3.05) is 20.7 Å². The zero-order valence-corrected chi connectivity index (χ0v) is 14.3. The summed E-state index contributed by atoms with van der Waals surface area (Å²) in [6.45, 7) is 0.592. The molecule has 0 radical (unpaired) electrons. The molecule has 128 valence electrons. The number of aldehydes is 1. The van der Waals surface area contributed by atoms with Crippen molar-refractivity contribution in [3.8, 4) is 0 Å². The molecule has 1 aromatic carbocycles. The summed E-state index contributed by atoms with van der Waals surface area (Å²) in [5.74, 6) is 0.661. The minimum absolute atomic E-state index is 0.210. The molecule has 2 fully saturated rings. The van der Waals surface area contributed by atoms with Crippen molar-refractivity contribution < 1.29 is 9.53 Å². The zero-order chi connectivity index (χ0) is 16.7. The molecule has 5 nitrogen and oxygen atoms in total. The smallest absolute Gasteiger partial charge is 0.164 e. The van der Waals surface area contributed by atoms with E-state index in [4.69, 9.17) is 4.74 Å². The topological polar surface area (TPSA) is 57.4 Å². The average molecular weight is 327 g/mol. The monoisotopic (exact) mass is 327 g/mol. The zero-order valence-electron chi connectivity index (χ0n) is 14.3. The van der Waals surface area contributed by atoms with Gasteiger partial charge in [0.25, 0.3) is 0 Å². The number of benzene rings is 1. The molecule has 2 heterocycles.